The summed E-state index contributed by atoms with van der Waals surface area (Å²) in [5.74, 6) is -2.01. The van der Waals surface area contributed by atoms with Crippen LogP contribution in [0.4, 0.5) is 11.4 Å². The van der Waals surface area contributed by atoms with Crippen LogP contribution in [-0.2, 0) is 9.59 Å². The molecule has 0 saturated heterocycles. The Morgan fingerprint density at radius 1 is 1.04 bits per heavy atom. The number of carboxylic acid groups (broad SMARTS) is 1. The molecule has 2 amide bonds. The number of furan rings is 1. The van der Waals surface area contributed by atoms with Crippen LogP contribution < -0.4 is 25.2 Å². The number of nitrogens with one attached hydrogen (secondary N) is 2. The second kappa shape index (κ2) is 9.81. The van der Waals surface area contributed by atoms with Crippen molar-refractivity contribution in [1.29, 1.82) is 0 Å². The summed E-state index contributed by atoms with van der Waals surface area (Å²) in [5.41, 5.74) is 0.560. The summed E-state index contributed by atoms with van der Waals surface area (Å²) in [4.78, 5) is 34.6. The number of carboxylic acids is 1. The fourth-order valence-corrected chi connectivity index (χ4v) is 2.21. The Labute approximate surface area is 160 Å². The van der Waals surface area contributed by atoms with Crippen LogP contribution >= 0.6 is 0 Å². The van der Waals surface area contributed by atoms with Crippen LogP contribution in [0.2, 0.25) is 0 Å². The van der Waals surface area contributed by atoms with Crippen molar-refractivity contribution in [2.75, 3.05) is 23.8 Å². The highest BCUT2D eigenvalue weighted by atomic mass is 16.5. The third-order valence-corrected chi connectivity index (χ3v) is 3.30. The molecular formula is C19H19N2O7-. The maximum Gasteiger partial charge on any atom is 0.291 e. The van der Waals surface area contributed by atoms with Gasteiger partial charge in [-0.3, -0.25) is 9.59 Å². The molecular weight excluding hydrogens is 368 g/mol. The van der Waals surface area contributed by atoms with Crippen molar-refractivity contribution in [2.24, 2.45) is 0 Å². The molecule has 0 saturated carbocycles. The normalized spacial score (nSPS) is 10.5. The molecule has 0 aliphatic rings. The summed E-state index contributed by atoms with van der Waals surface area (Å²) in [6.45, 7) is 4.10. The molecule has 0 bridgehead atoms. The number of anilines is 2. The number of benzene rings is 1. The Bertz CT molecular complexity index is 873. The van der Waals surface area contributed by atoms with E-state index in [0.717, 1.165) is 6.08 Å². The molecule has 1 heterocycles. The van der Waals surface area contributed by atoms with Crippen molar-refractivity contribution in [1.82, 2.24) is 0 Å². The van der Waals surface area contributed by atoms with E-state index in [1.165, 1.54) is 24.5 Å². The largest absolute Gasteiger partial charge is 0.545 e. The zero-order chi connectivity index (χ0) is 20.5. The lowest BCUT2D eigenvalue weighted by atomic mass is 10.2. The monoisotopic (exact) mass is 387 g/mol. The van der Waals surface area contributed by atoms with Gasteiger partial charge in [0.1, 0.15) is 11.5 Å². The van der Waals surface area contributed by atoms with E-state index in [9.17, 15) is 19.5 Å². The number of amides is 2. The first-order chi connectivity index (χ1) is 13.4. The lowest BCUT2D eigenvalue weighted by Crippen LogP contribution is -2.20. The second-order valence-corrected chi connectivity index (χ2v) is 5.28. The van der Waals surface area contributed by atoms with Gasteiger partial charge in [-0.1, -0.05) is 0 Å². The minimum Gasteiger partial charge on any atom is -0.545 e. The van der Waals surface area contributed by atoms with Gasteiger partial charge >= 0.3 is 0 Å². The zero-order valence-corrected chi connectivity index (χ0v) is 15.3. The van der Waals surface area contributed by atoms with Gasteiger partial charge in [0.2, 0.25) is 5.91 Å². The smallest absolute Gasteiger partial charge is 0.291 e. The van der Waals surface area contributed by atoms with Gasteiger partial charge in [0.05, 0.1) is 36.8 Å². The van der Waals surface area contributed by atoms with Crippen molar-refractivity contribution in [3.05, 3.63) is 48.4 Å². The van der Waals surface area contributed by atoms with Crippen LogP contribution in [0.3, 0.4) is 0 Å². The third-order valence-electron chi connectivity index (χ3n) is 3.30. The Kier molecular flexibility index (Phi) is 7.21. The Balaban J connectivity index is 2.35. The van der Waals surface area contributed by atoms with Crippen molar-refractivity contribution in [2.45, 2.75) is 13.8 Å². The molecule has 28 heavy (non-hydrogen) atoms. The van der Waals surface area contributed by atoms with Crippen LogP contribution in [0.15, 0.2) is 47.1 Å². The molecule has 0 radical (unpaired) electrons. The van der Waals surface area contributed by atoms with E-state index in [0.29, 0.717) is 18.4 Å². The lowest BCUT2D eigenvalue weighted by Gasteiger charge is -2.17. The predicted octanol–water partition coefficient (Wildman–Crippen LogP) is 1.57. The molecule has 1 aromatic heterocycles. The van der Waals surface area contributed by atoms with E-state index in [1.54, 1.807) is 19.9 Å². The molecule has 2 aromatic rings. The number of hydrogen-bond acceptors (Lipinski definition) is 7. The van der Waals surface area contributed by atoms with E-state index in [4.69, 9.17) is 13.9 Å². The number of carbonyl (C=O) groups excluding carboxylic acids is 3. The molecule has 0 unspecified atom stereocenters. The summed E-state index contributed by atoms with van der Waals surface area (Å²) < 4.78 is 16.1. The fourth-order valence-electron chi connectivity index (χ4n) is 2.21. The summed E-state index contributed by atoms with van der Waals surface area (Å²) in [6.07, 6.45) is 2.80. The van der Waals surface area contributed by atoms with E-state index < -0.39 is 17.8 Å². The maximum atomic E-state index is 12.3. The molecule has 1 aromatic carbocycles. The molecule has 9 nitrogen and oxygen atoms in total. The molecule has 0 aliphatic heterocycles. The van der Waals surface area contributed by atoms with E-state index >= 15 is 0 Å². The summed E-state index contributed by atoms with van der Waals surface area (Å²) in [6, 6.07) is 6.06. The summed E-state index contributed by atoms with van der Waals surface area (Å²) in [7, 11) is 0. The molecule has 148 valence electrons. The van der Waals surface area contributed by atoms with Crippen LogP contribution in [-0.4, -0.2) is 31.0 Å². The topological polar surface area (TPSA) is 130 Å². The van der Waals surface area contributed by atoms with Crippen LogP contribution in [0, 0.1) is 0 Å². The van der Waals surface area contributed by atoms with Crippen LogP contribution in [0.5, 0.6) is 11.5 Å². The molecule has 0 atom stereocenters. The zero-order valence-electron chi connectivity index (χ0n) is 15.3. The minimum absolute atomic E-state index is 0.116. The van der Waals surface area contributed by atoms with Crippen molar-refractivity contribution < 1.29 is 33.4 Å². The lowest BCUT2D eigenvalue weighted by molar-refractivity contribution is -0.297. The number of ether oxygens (including phenoxy) is 2. The minimum atomic E-state index is -1.49. The van der Waals surface area contributed by atoms with Gasteiger partial charge in [-0.15, -0.1) is 0 Å². The van der Waals surface area contributed by atoms with Gasteiger partial charge in [-0.05, 0) is 32.1 Å². The molecule has 2 N–H and O–H groups in total. The highest BCUT2D eigenvalue weighted by molar-refractivity contribution is 6.05. The second-order valence-electron chi connectivity index (χ2n) is 5.28. The Morgan fingerprint density at radius 3 is 2.14 bits per heavy atom. The summed E-state index contributed by atoms with van der Waals surface area (Å²) >= 11 is 0. The highest BCUT2D eigenvalue weighted by Gasteiger charge is 2.17. The highest BCUT2D eigenvalue weighted by Crippen LogP contribution is 2.37. The summed E-state index contributed by atoms with van der Waals surface area (Å²) in [5, 5.41) is 15.6. The number of rotatable bonds is 9. The third kappa shape index (κ3) is 5.63. The van der Waals surface area contributed by atoms with Gasteiger partial charge in [-0.25, -0.2) is 0 Å². The van der Waals surface area contributed by atoms with Gasteiger partial charge in [0, 0.05) is 18.2 Å². The molecule has 0 fully saturated rings. The average molecular weight is 387 g/mol. The predicted molar refractivity (Wildman–Crippen MR) is 98.2 cm³/mol. The maximum absolute atomic E-state index is 12.3. The first kappa shape index (κ1) is 20.6. The first-order valence-corrected chi connectivity index (χ1v) is 8.43. The van der Waals surface area contributed by atoms with Crippen LogP contribution in [0.25, 0.3) is 0 Å². The fraction of sp³-hybridized carbons (Fsp3) is 0.211. The SMILES string of the molecule is CCOc1cc(NC(=O)c2ccco2)c(OCC)cc1NC(=O)/C=C/C(=O)[O-]. The van der Waals surface area contributed by atoms with Gasteiger partial charge < -0.3 is 34.4 Å². The quantitative estimate of drug-likeness (QED) is 0.625. The van der Waals surface area contributed by atoms with E-state index in [-0.39, 0.29) is 29.6 Å². The van der Waals surface area contributed by atoms with E-state index in [2.05, 4.69) is 10.6 Å². The molecule has 2 rings (SSSR count). The number of carbonyl (C=O) groups is 3. The number of aliphatic carboxylic acids is 1. The molecule has 0 spiro atoms. The van der Waals surface area contributed by atoms with E-state index in [1.807, 2.05) is 0 Å². The molecule has 0 aliphatic carbocycles. The van der Waals surface area contributed by atoms with Crippen LogP contribution in [0.1, 0.15) is 24.4 Å². The van der Waals surface area contributed by atoms with Crippen molar-refractivity contribution in [3.63, 3.8) is 0 Å². The van der Waals surface area contributed by atoms with Gasteiger partial charge in [0.25, 0.3) is 5.91 Å². The standard InChI is InChI=1S/C19H20N2O7/c1-3-26-15-11-13(21-19(25)14-6-5-9-28-14)16(27-4-2)10-12(15)20-17(22)7-8-18(23)24/h5-11H,3-4H2,1-2H3,(H,20,22)(H,21,25)(H,23,24)/p-1/b8-7+. The average Bonchev–Trinajstić information content (AvgIpc) is 3.18. The van der Waals surface area contributed by atoms with Gasteiger partial charge in [-0.2, -0.15) is 0 Å². The van der Waals surface area contributed by atoms with Crippen molar-refractivity contribution in [3.8, 4) is 11.5 Å². The van der Waals surface area contributed by atoms with Crippen molar-refractivity contribution >= 4 is 29.2 Å². The Hall–Kier alpha value is -3.75. The van der Waals surface area contributed by atoms with Gasteiger partial charge in [0.15, 0.2) is 5.76 Å². The number of hydrogen-bond donors (Lipinski definition) is 2. The first-order valence-electron chi connectivity index (χ1n) is 8.43. The Morgan fingerprint density at radius 2 is 1.64 bits per heavy atom. The molecule has 9 heteroatoms.